The fourth-order valence-corrected chi connectivity index (χ4v) is 3.96. The zero-order valence-corrected chi connectivity index (χ0v) is 9.86. The van der Waals surface area contributed by atoms with Crippen LogP contribution in [0.15, 0.2) is 30.3 Å². The Morgan fingerprint density at radius 3 is 2.62 bits per heavy atom. The van der Waals surface area contributed by atoms with Crippen molar-refractivity contribution < 1.29 is 5.11 Å². The molecule has 85 valence electrons. The molecule has 2 aliphatic rings. The van der Waals surface area contributed by atoms with Crippen molar-refractivity contribution in [2.75, 3.05) is 0 Å². The maximum atomic E-state index is 12.1. The average molecular weight is 215 g/mol. The number of benzene rings is 1. The van der Waals surface area contributed by atoms with Crippen LogP contribution in [0.25, 0.3) is 0 Å². The highest BCUT2D eigenvalue weighted by Crippen LogP contribution is 2.55. The first-order chi connectivity index (χ1) is 7.66. The highest BCUT2D eigenvalue weighted by atomic mass is 16.3. The molecule has 0 heterocycles. The molecule has 0 saturated heterocycles. The molecule has 0 bridgehead atoms. The summed E-state index contributed by atoms with van der Waals surface area (Å²) in [5, 5.41) is 12.1. The van der Waals surface area contributed by atoms with Gasteiger partial charge in [0.15, 0.2) is 0 Å². The molecule has 0 aliphatic heterocycles. The van der Waals surface area contributed by atoms with E-state index in [4.69, 9.17) is 0 Å². The van der Waals surface area contributed by atoms with Crippen LogP contribution in [0, 0.1) is 11.8 Å². The Morgan fingerprint density at radius 1 is 1.12 bits per heavy atom. The van der Waals surface area contributed by atoms with Crippen LogP contribution < -0.4 is 0 Å². The van der Waals surface area contributed by atoms with Gasteiger partial charge >= 0.3 is 0 Å². The van der Waals surface area contributed by atoms with Crippen LogP contribution in [0.3, 0.4) is 0 Å². The van der Waals surface area contributed by atoms with Gasteiger partial charge in [-0.05, 0) is 55.9 Å². The maximum absolute atomic E-state index is 12.1. The fraction of sp³-hybridized carbons (Fsp3) is 0.600. The van der Waals surface area contributed by atoms with Gasteiger partial charge in [-0.15, -0.1) is 0 Å². The quantitative estimate of drug-likeness (QED) is 0.679. The molecule has 3 rings (SSSR count). The summed E-state index contributed by atoms with van der Waals surface area (Å²) in [6.07, 6.45) is 4.34. The molecule has 1 aromatic carbocycles. The molecule has 0 aromatic heterocycles. The highest BCUT2D eigenvalue weighted by molar-refractivity contribution is 5.23. The predicted octanol–water partition coefficient (Wildman–Crippen LogP) is 3.78. The molecular formula is C15H19O. The van der Waals surface area contributed by atoms with E-state index in [0.29, 0.717) is 17.8 Å². The van der Waals surface area contributed by atoms with Crippen LogP contribution in [0.2, 0.25) is 0 Å². The third kappa shape index (κ3) is 1.67. The van der Waals surface area contributed by atoms with Gasteiger partial charge in [0.2, 0.25) is 0 Å². The van der Waals surface area contributed by atoms with Crippen LogP contribution in [0.5, 0.6) is 0 Å². The lowest BCUT2D eigenvalue weighted by Crippen LogP contribution is -2.18. The second-order valence-corrected chi connectivity index (χ2v) is 5.88. The van der Waals surface area contributed by atoms with Crippen molar-refractivity contribution in [1.82, 2.24) is 0 Å². The molecule has 1 nitrogen and oxygen atoms in total. The lowest BCUT2D eigenvalue weighted by molar-refractivity contribution is -0.0141. The summed E-state index contributed by atoms with van der Waals surface area (Å²) in [5.41, 5.74) is 0.802. The van der Waals surface area contributed by atoms with Gasteiger partial charge < -0.3 is 0 Å². The average Bonchev–Trinajstić information content (AvgIpc) is 2.74. The molecule has 0 spiro atoms. The van der Waals surface area contributed by atoms with Gasteiger partial charge in [-0.2, -0.15) is 0 Å². The van der Waals surface area contributed by atoms with E-state index >= 15 is 0 Å². The number of hydrogen-bond donors (Lipinski definition) is 0. The van der Waals surface area contributed by atoms with E-state index < -0.39 is 5.60 Å². The Morgan fingerprint density at radius 2 is 1.88 bits per heavy atom. The van der Waals surface area contributed by atoms with E-state index in [1.165, 1.54) is 18.4 Å². The van der Waals surface area contributed by atoms with Gasteiger partial charge in [0.05, 0.1) is 0 Å². The van der Waals surface area contributed by atoms with E-state index in [0.717, 1.165) is 12.8 Å². The molecule has 1 aromatic rings. The summed E-state index contributed by atoms with van der Waals surface area (Å²) < 4.78 is 0. The standard InChI is InChI=1S/C15H19O/c1-15(16)9-12-7-8-13(14(12)10-15)11-5-3-2-4-6-11/h2-6,12-14H,7-10H2,1H3/t12-,13-,14+,15+/m1/s1. The van der Waals surface area contributed by atoms with Gasteiger partial charge in [-0.25, -0.2) is 5.11 Å². The molecule has 0 amide bonds. The number of rotatable bonds is 1. The molecule has 4 atom stereocenters. The first-order valence-corrected chi connectivity index (χ1v) is 6.41. The van der Waals surface area contributed by atoms with Crippen molar-refractivity contribution in [2.24, 2.45) is 11.8 Å². The van der Waals surface area contributed by atoms with Crippen LogP contribution in [-0.4, -0.2) is 5.60 Å². The van der Waals surface area contributed by atoms with Crippen LogP contribution in [0.4, 0.5) is 0 Å². The van der Waals surface area contributed by atoms with Crippen LogP contribution in [-0.2, 0) is 5.11 Å². The summed E-state index contributed by atoms with van der Waals surface area (Å²) in [4.78, 5) is 0. The van der Waals surface area contributed by atoms with E-state index in [1.54, 1.807) is 0 Å². The first-order valence-electron chi connectivity index (χ1n) is 6.41. The number of hydrogen-bond acceptors (Lipinski definition) is 0. The maximum Gasteiger partial charge on any atom is 0.101 e. The predicted molar refractivity (Wildman–Crippen MR) is 63.7 cm³/mol. The zero-order chi connectivity index (χ0) is 11.2. The van der Waals surface area contributed by atoms with Gasteiger partial charge in [0.25, 0.3) is 0 Å². The lowest BCUT2D eigenvalue weighted by Gasteiger charge is -2.20. The Bertz CT molecular complexity index is 368. The molecule has 1 heteroatoms. The zero-order valence-electron chi connectivity index (χ0n) is 9.86. The molecule has 1 radical (unpaired) electrons. The Kier molecular flexibility index (Phi) is 2.32. The van der Waals surface area contributed by atoms with Gasteiger partial charge in [-0.1, -0.05) is 30.3 Å². The second kappa shape index (κ2) is 3.59. The molecule has 2 saturated carbocycles. The van der Waals surface area contributed by atoms with E-state index in [9.17, 15) is 5.11 Å². The molecule has 0 unspecified atom stereocenters. The normalized spacial score (nSPS) is 42.2. The molecular weight excluding hydrogens is 196 g/mol. The largest absolute Gasteiger partial charge is 0.230 e. The SMILES string of the molecule is C[C@]1([O])C[C@H]2CC[C@H](c3ccccc3)[C@H]2C1. The Labute approximate surface area is 97.5 Å². The first kappa shape index (κ1) is 10.3. The van der Waals surface area contributed by atoms with Crippen molar-refractivity contribution >= 4 is 0 Å². The molecule has 2 fully saturated rings. The Balaban J connectivity index is 1.84. The van der Waals surface area contributed by atoms with Crippen LogP contribution in [0.1, 0.15) is 44.1 Å². The third-order valence-electron chi connectivity index (χ3n) is 4.56. The molecule has 0 N–H and O–H groups in total. The topological polar surface area (TPSA) is 19.9 Å². The fourth-order valence-electron chi connectivity index (χ4n) is 3.96. The summed E-state index contributed by atoms with van der Waals surface area (Å²) in [5.74, 6) is 2.01. The van der Waals surface area contributed by atoms with Gasteiger partial charge in [0, 0.05) is 0 Å². The summed E-state index contributed by atoms with van der Waals surface area (Å²) in [6.45, 7) is 1.90. The van der Waals surface area contributed by atoms with Crippen LogP contribution >= 0.6 is 0 Å². The minimum Gasteiger partial charge on any atom is -0.230 e. The molecule has 2 aliphatic carbocycles. The van der Waals surface area contributed by atoms with Crippen molar-refractivity contribution in [3.05, 3.63) is 35.9 Å². The highest BCUT2D eigenvalue weighted by Gasteiger charge is 2.48. The molecule has 16 heavy (non-hydrogen) atoms. The van der Waals surface area contributed by atoms with Crippen molar-refractivity contribution in [3.8, 4) is 0 Å². The van der Waals surface area contributed by atoms with Gasteiger partial charge in [0.1, 0.15) is 5.60 Å². The van der Waals surface area contributed by atoms with E-state index in [1.807, 2.05) is 6.92 Å². The monoisotopic (exact) mass is 215 g/mol. The lowest BCUT2D eigenvalue weighted by atomic mass is 9.85. The second-order valence-electron chi connectivity index (χ2n) is 5.88. The van der Waals surface area contributed by atoms with Gasteiger partial charge in [-0.3, -0.25) is 0 Å². The smallest absolute Gasteiger partial charge is 0.101 e. The third-order valence-corrected chi connectivity index (χ3v) is 4.56. The van der Waals surface area contributed by atoms with E-state index in [2.05, 4.69) is 30.3 Å². The summed E-state index contributed by atoms with van der Waals surface area (Å²) >= 11 is 0. The Hall–Kier alpha value is -0.820. The minimum absolute atomic E-state index is 0.650. The number of fused-ring (bicyclic) bond motifs is 1. The van der Waals surface area contributed by atoms with Crippen molar-refractivity contribution in [3.63, 3.8) is 0 Å². The summed E-state index contributed by atoms with van der Waals surface area (Å²) in [7, 11) is 0. The summed E-state index contributed by atoms with van der Waals surface area (Å²) in [6, 6.07) is 10.8. The van der Waals surface area contributed by atoms with Crippen molar-refractivity contribution in [1.29, 1.82) is 0 Å². The minimum atomic E-state index is -0.650. The van der Waals surface area contributed by atoms with Crippen molar-refractivity contribution in [2.45, 2.75) is 44.1 Å². The van der Waals surface area contributed by atoms with E-state index in [-0.39, 0.29) is 0 Å².